The maximum atomic E-state index is 13.2. The zero-order valence-electron chi connectivity index (χ0n) is 22.8. The number of dihydropyridines is 1. The van der Waals surface area contributed by atoms with Gasteiger partial charge in [0.2, 0.25) is 11.9 Å². The summed E-state index contributed by atoms with van der Waals surface area (Å²) in [7, 11) is -3.52. The molecule has 2 atom stereocenters. The van der Waals surface area contributed by atoms with Crippen molar-refractivity contribution in [2.45, 2.75) is 51.1 Å². The lowest BCUT2D eigenvalue weighted by Crippen LogP contribution is -2.54. The molecule has 9 nitrogen and oxygen atoms in total. The van der Waals surface area contributed by atoms with Gasteiger partial charge in [-0.25, -0.2) is 8.42 Å². The highest BCUT2D eigenvalue weighted by Crippen LogP contribution is 2.39. The second kappa shape index (κ2) is 11.6. The van der Waals surface area contributed by atoms with Gasteiger partial charge in [0, 0.05) is 56.4 Å². The first-order valence-corrected chi connectivity index (χ1v) is 16.5. The third kappa shape index (κ3) is 6.69. The van der Waals surface area contributed by atoms with E-state index in [1.807, 2.05) is 4.90 Å². The topological polar surface area (TPSA) is 111 Å². The van der Waals surface area contributed by atoms with Crippen molar-refractivity contribution in [1.29, 1.82) is 0 Å². The number of guanidine groups is 1. The third-order valence-corrected chi connectivity index (χ3v) is 9.44. The molecule has 11 heteroatoms. The minimum atomic E-state index is -3.52. The summed E-state index contributed by atoms with van der Waals surface area (Å²) in [5.41, 5.74) is 11.4. The summed E-state index contributed by atoms with van der Waals surface area (Å²) in [4.78, 5) is 19.6. The molecule has 3 heterocycles. The normalized spacial score (nSPS) is 25.2. The fourth-order valence-electron chi connectivity index (χ4n) is 6.43. The Hall–Kier alpha value is -2.37. The third-order valence-electron chi connectivity index (χ3n) is 8.46. The number of piperazine rings is 1. The van der Waals surface area contributed by atoms with Crippen molar-refractivity contribution >= 4 is 37.8 Å². The van der Waals surface area contributed by atoms with Crippen molar-refractivity contribution in [3.8, 4) is 0 Å². The van der Waals surface area contributed by atoms with Gasteiger partial charge in [0.05, 0.1) is 18.3 Å². The van der Waals surface area contributed by atoms with Crippen molar-refractivity contribution in [3.63, 3.8) is 0 Å². The fourth-order valence-corrected chi connectivity index (χ4v) is 7.31. The molecular formula is C28H39BrN6O3S. The smallest absolute Gasteiger partial charge is 0.253 e. The van der Waals surface area contributed by atoms with Crippen LogP contribution in [0.5, 0.6) is 0 Å². The standard InChI is InChI=1S/C28H39BrN6O3S/c1-19-3-6-24-21(15-19)4-5-22-17-23(29)18-31-26(22)27(24)34-13-11-33(12-14-34)25(36)16-20-7-9-35(10-8-20)28(30)32-39(2,37)38/h3,6,15,17-18,20,26-27,31H,4-5,7-14,16H2,1-2H3,(H2,30,32). The summed E-state index contributed by atoms with van der Waals surface area (Å²) in [5.74, 6) is 0.534. The molecule has 0 aromatic heterocycles. The molecule has 2 fully saturated rings. The quantitative estimate of drug-likeness (QED) is 0.394. The Balaban J connectivity index is 1.20. The first-order valence-electron chi connectivity index (χ1n) is 13.8. The number of carbonyl (C=O) groups excluding carboxylic acids is 1. The van der Waals surface area contributed by atoms with E-state index in [4.69, 9.17) is 5.73 Å². The molecule has 5 rings (SSSR count). The number of nitrogens with one attached hydrogen (secondary N) is 1. The fraction of sp³-hybridized carbons (Fsp3) is 0.571. The van der Waals surface area contributed by atoms with Gasteiger partial charge in [-0.15, -0.1) is 4.40 Å². The lowest BCUT2D eigenvalue weighted by atomic mass is 9.90. The van der Waals surface area contributed by atoms with Crippen LogP contribution in [0.15, 0.2) is 44.9 Å². The van der Waals surface area contributed by atoms with Crippen LogP contribution in [0.4, 0.5) is 0 Å². The van der Waals surface area contributed by atoms with Crippen LogP contribution in [0, 0.1) is 12.8 Å². The second-order valence-electron chi connectivity index (χ2n) is 11.3. The number of likely N-dealkylation sites (tertiary alicyclic amines) is 1. The van der Waals surface area contributed by atoms with Gasteiger partial charge in [-0.1, -0.05) is 23.8 Å². The molecule has 2 unspecified atom stereocenters. The highest BCUT2D eigenvalue weighted by Gasteiger charge is 2.38. The number of hydrogen-bond donors (Lipinski definition) is 2. The summed E-state index contributed by atoms with van der Waals surface area (Å²) in [6.45, 7) is 6.55. The lowest BCUT2D eigenvalue weighted by molar-refractivity contribution is -0.134. The van der Waals surface area contributed by atoms with Crippen LogP contribution >= 0.6 is 15.9 Å². The van der Waals surface area contributed by atoms with Gasteiger partial charge < -0.3 is 20.9 Å². The van der Waals surface area contributed by atoms with Crippen LogP contribution in [0.25, 0.3) is 0 Å². The van der Waals surface area contributed by atoms with Gasteiger partial charge in [0.1, 0.15) is 0 Å². The van der Waals surface area contributed by atoms with Crippen LogP contribution in [0.2, 0.25) is 0 Å². The first kappa shape index (κ1) is 28.2. The highest BCUT2D eigenvalue weighted by atomic mass is 79.9. The summed E-state index contributed by atoms with van der Waals surface area (Å²) >= 11 is 3.65. The molecule has 3 N–H and O–H groups in total. The van der Waals surface area contributed by atoms with Gasteiger partial charge in [-0.05, 0) is 77.2 Å². The molecule has 0 bridgehead atoms. The van der Waals surface area contributed by atoms with E-state index in [1.54, 1.807) is 4.90 Å². The molecule has 1 amide bonds. The number of hydrogen-bond acceptors (Lipinski definition) is 5. The molecule has 1 aliphatic carbocycles. The van der Waals surface area contributed by atoms with E-state index >= 15 is 0 Å². The molecule has 0 radical (unpaired) electrons. The van der Waals surface area contributed by atoms with Crippen molar-refractivity contribution in [1.82, 2.24) is 20.0 Å². The SMILES string of the molecule is Cc1ccc2c(c1)CCC1=CC(Br)=CNC1C2N1CCN(C(=O)CC2CCN(/C(N)=N/S(C)(=O)=O)CC2)CC1. The molecule has 0 saturated carbocycles. The highest BCUT2D eigenvalue weighted by molar-refractivity contribution is 9.11. The number of allylic oxidation sites excluding steroid dienone is 2. The molecule has 212 valence electrons. The van der Waals surface area contributed by atoms with Crippen molar-refractivity contribution in [2.24, 2.45) is 16.0 Å². The average molecular weight is 620 g/mol. The lowest BCUT2D eigenvalue weighted by Gasteiger charge is -2.44. The number of amides is 1. The monoisotopic (exact) mass is 618 g/mol. The molecular weight excluding hydrogens is 580 g/mol. The number of aryl methyl sites for hydroxylation is 2. The first-order chi connectivity index (χ1) is 18.6. The van der Waals surface area contributed by atoms with Gasteiger partial charge in [-0.3, -0.25) is 9.69 Å². The van der Waals surface area contributed by atoms with Gasteiger partial charge in [0.25, 0.3) is 10.0 Å². The van der Waals surface area contributed by atoms with Crippen LogP contribution in [-0.4, -0.2) is 86.6 Å². The van der Waals surface area contributed by atoms with Crippen molar-refractivity contribution < 1.29 is 13.2 Å². The number of halogens is 1. The number of benzene rings is 1. The predicted molar refractivity (Wildman–Crippen MR) is 158 cm³/mol. The van der Waals surface area contributed by atoms with Crippen molar-refractivity contribution in [3.05, 3.63) is 57.2 Å². The van der Waals surface area contributed by atoms with Crippen LogP contribution < -0.4 is 11.1 Å². The van der Waals surface area contributed by atoms with Crippen LogP contribution in [-0.2, 0) is 21.2 Å². The minimum Gasteiger partial charge on any atom is -0.382 e. The van der Waals surface area contributed by atoms with E-state index in [2.05, 4.69) is 67.9 Å². The Morgan fingerprint density at radius 3 is 2.51 bits per heavy atom. The Morgan fingerprint density at radius 1 is 1.10 bits per heavy atom. The number of sulfonamides is 1. The summed E-state index contributed by atoms with van der Waals surface area (Å²) in [6.07, 6.45) is 9.59. The zero-order chi connectivity index (χ0) is 27.7. The van der Waals surface area contributed by atoms with E-state index < -0.39 is 10.0 Å². The summed E-state index contributed by atoms with van der Waals surface area (Å²) < 4.78 is 27.5. The number of rotatable bonds is 4. The Bertz CT molecular complexity index is 1290. The Kier molecular flexibility index (Phi) is 8.40. The Labute approximate surface area is 240 Å². The molecule has 39 heavy (non-hydrogen) atoms. The van der Waals surface area contributed by atoms with E-state index in [1.165, 1.54) is 22.3 Å². The Morgan fingerprint density at radius 2 is 1.82 bits per heavy atom. The maximum Gasteiger partial charge on any atom is 0.253 e. The summed E-state index contributed by atoms with van der Waals surface area (Å²) in [5, 5.41) is 3.67. The predicted octanol–water partition coefficient (Wildman–Crippen LogP) is 2.64. The number of piperidine rings is 1. The maximum absolute atomic E-state index is 13.2. The second-order valence-corrected chi connectivity index (χ2v) is 13.8. The minimum absolute atomic E-state index is 0.0435. The van der Waals surface area contributed by atoms with E-state index in [9.17, 15) is 13.2 Å². The largest absolute Gasteiger partial charge is 0.382 e. The van der Waals surface area contributed by atoms with Gasteiger partial charge in [-0.2, -0.15) is 0 Å². The molecule has 1 aromatic rings. The van der Waals surface area contributed by atoms with Crippen molar-refractivity contribution in [2.75, 3.05) is 45.5 Å². The van der Waals surface area contributed by atoms with Gasteiger partial charge >= 0.3 is 0 Å². The number of nitrogens with two attached hydrogens (primary N) is 1. The molecule has 0 spiro atoms. The molecule has 1 aromatic carbocycles. The van der Waals surface area contributed by atoms with E-state index in [-0.39, 0.29) is 29.9 Å². The van der Waals surface area contributed by atoms with Crippen LogP contribution in [0.1, 0.15) is 48.4 Å². The van der Waals surface area contributed by atoms with Crippen LogP contribution in [0.3, 0.4) is 0 Å². The number of fused-ring (bicyclic) bond motifs is 2. The van der Waals surface area contributed by atoms with E-state index in [0.717, 1.165) is 62.6 Å². The van der Waals surface area contributed by atoms with E-state index in [0.29, 0.717) is 19.5 Å². The molecule has 3 aliphatic heterocycles. The zero-order valence-corrected chi connectivity index (χ0v) is 25.2. The summed E-state index contributed by atoms with van der Waals surface area (Å²) in [6, 6.07) is 7.33. The number of nitrogens with zero attached hydrogens (tertiary/aromatic N) is 4. The van der Waals surface area contributed by atoms with Gasteiger partial charge in [0.15, 0.2) is 0 Å². The number of carbonyl (C=O) groups is 1. The molecule has 2 saturated heterocycles. The molecule has 4 aliphatic rings. The average Bonchev–Trinajstić information content (AvgIpc) is 3.04.